The molecule has 0 amide bonds. The van der Waals surface area contributed by atoms with Crippen molar-refractivity contribution < 1.29 is 22.2 Å². The van der Waals surface area contributed by atoms with Crippen LogP contribution < -0.4 is 0 Å². The maximum atomic E-state index is 12.2. The number of esters is 1. The van der Waals surface area contributed by atoms with Gasteiger partial charge in [-0.1, -0.05) is 52.3 Å². The quantitative estimate of drug-likeness (QED) is 0.253. The Labute approximate surface area is 157 Å². The molecule has 0 aromatic heterocycles. The molecule has 0 aliphatic heterocycles. The van der Waals surface area contributed by atoms with E-state index in [0.717, 1.165) is 22.9 Å². The van der Waals surface area contributed by atoms with Crippen LogP contribution in [0.1, 0.15) is 18.1 Å². The number of carbonyl (C=O) groups is 1. The van der Waals surface area contributed by atoms with Gasteiger partial charge < -0.3 is 4.74 Å². The summed E-state index contributed by atoms with van der Waals surface area (Å²) in [6.07, 6.45) is 0. The summed E-state index contributed by atoms with van der Waals surface area (Å²) < 4.78 is 34.1. The highest BCUT2D eigenvalue weighted by Gasteiger charge is 2.20. The number of thioether (sulfide) groups is 1. The van der Waals surface area contributed by atoms with E-state index in [9.17, 15) is 13.2 Å². The molecule has 138 valence electrons. The van der Waals surface area contributed by atoms with E-state index in [2.05, 4.69) is 5.16 Å². The van der Waals surface area contributed by atoms with Crippen molar-refractivity contribution in [3.63, 3.8) is 0 Å². The maximum absolute atomic E-state index is 12.2. The second kappa shape index (κ2) is 8.86. The lowest BCUT2D eigenvalue weighted by Gasteiger charge is -2.07. The smallest absolute Gasteiger partial charge is 0.367 e. The molecule has 0 aliphatic carbocycles. The van der Waals surface area contributed by atoms with Gasteiger partial charge in [-0.2, -0.15) is 8.42 Å². The van der Waals surface area contributed by atoms with Crippen molar-refractivity contribution in [3.8, 4) is 0 Å². The summed E-state index contributed by atoms with van der Waals surface area (Å²) in [5.41, 5.74) is 1.97. The van der Waals surface area contributed by atoms with E-state index in [0.29, 0.717) is 4.90 Å². The largest absolute Gasteiger partial charge is 0.461 e. The zero-order valence-electron chi connectivity index (χ0n) is 14.6. The molecule has 6 nitrogen and oxygen atoms in total. The van der Waals surface area contributed by atoms with Gasteiger partial charge in [0.15, 0.2) is 0 Å². The van der Waals surface area contributed by atoms with Crippen LogP contribution in [0.2, 0.25) is 0 Å². The number of carbonyl (C=O) groups excluding carboxylic acids is 1. The van der Waals surface area contributed by atoms with E-state index >= 15 is 0 Å². The van der Waals surface area contributed by atoms with Crippen LogP contribution in [0.3, 0.4) is 0 Å². The zero-order chi connectivity index (χ0) is 19.2. The lowest BCUT2D eigenvalue weighted by molar-refractivity contribution is -0.134. The van der Waals surface area contributed by atoms with Crippen molar-refractivity contribution in [2.24, 2.45) is 5.16 Å². The summed E-state index contributed by atoms with van der Waals surface area (Å²) >= 11 is 0.970. The van der Waals surface area contributed by atoms with Gasteiger partial charge in [0.05, 0.1) is 6.61 Å². The minimum Gasteiger partial charge on any atom is -0.461 e. The highest BCUT2D eigenvalue weighted by molar-refractivity contribution is 8.15. The zero-order valence-corrected chi connectivity index (χ0v) is 16.3. The number of oxime groups is 1. The molecule has 0 fully saturated rings. The highest BCUT2D eigenvalue weighted by Crippen LogP contribution is 2.22. The Kier molecular flexibility index (Phi) is 6.82. The second-order valence-corrected chi connectivity index (χ2v) is 7.96. The van der Waals surface area contributed by atoms with Gasteiger partial charge in [-0.05, 0) is 45.0 Å². The molecular formula is C18H19NO5S2. The molecule has 0 aliphatic rings. The molecule has 0 spiro atoms. The number of benzene rings is 2. The molecule has 0 saturated heterocycles. The van der Waals surface area contributed by atoms with E-state index < -0.39 is 16.1 Å². The van der Waals surface area contributed by atoms with Gasteiger partial charge in [0.25, 0.3) is 0 Å². The Bertz CT molecular complexity index is 888. The summed E-state index contributed by atoms with van der Waals surface area (Å²) in [7, 11) is -4.13. The van der Waals surface area contributed by atoms with Gasteiger partial charge in [-0.3, -0.25) is 4.28 Å². The van der Waals surface area contributed by atoms with Crippen molar-refractivity contribution in [3.05, 3.63) is 59.7 Å². The van der Waals surface area contributed by atoms with E-state index in [-0.39, 0.29) is 16.5 Å². The third kappa shape index (κ3) is 5.60. The van der Waals surface area contributed by atoms with Gasteiger partial charge in [0.1, 0.15) is 4.90 Å². The molecule has 0 heterocycles. The number of ether oxygens (including phenoxy) is 1. The minimum absolute atomic E-state index is 0.0459. The molecule has 0 saturated carbocycles. The third-order valence-electron chi connectivity index (χ3n) is 3.21. The van der Waals surface area contributed by atoms with Crippen LogP contribution in [0, 0.1) is 13.8 Å². The summed E-state index contributed by atoms with van der Waals surface area (Å²) in [6.45, 7) is 5.56. The van der Waals surface area contributed by atoms with Crippen molar-refractivity contribution in [2.75, 3.05) is 6.61 Å². The fraction of sp³-hybridized carbons (Fsp3) is 0.222. The van der Waals surface area contributed by atoms with Crippen molar-refractivity contribution >= 4 is 32.9 Å². The summed E-state index contributed by atoms with van der Waals surface area (Å²) in [5.74, 6) is -0.753. The molecule has 2 aromatic rings. The Morgan fingerprint density at radius 2 is 1.54 bits per heavy atom. The average molecular weight is 393 g/mol. The summed E-state index contributed by atoms with van der Waals surface area (Å²) in [6, 6.07) is 13.5. The summed E-state index contributed by atoms with van der Waals surface area (Å²) in [5, 5.41) is 3.35. The number of hydrogen-bond acceptors (Lipinski definition) is 7. The molecule has 2 aromatic carbocycles. The predicted molar refractivity (Wildman–Crippen MR) is 101 cm³/mol. The maximum Gasteiger partial charge on any atom is 0.367 e. The number of aryl methyl sites for hydroxylation is 2. The SMILES string of the molecule is CCOC(=O)C(=NOS(=O)(=O)c1ccc(C)cc1)Sc1ccc(C)cc1. The van der Waals surface area contributed by atoms with Crippen LogP contribution in [0.15, 0.2) is 63.5 Å². The molecular weight excluding hydrogens is 374 g/mol. The first-order chi connectivity index (χ1) is 12.3. The van der Waals surface area contributed by atoms with Crippen LogP contribution >= 0.6 is 11.8 Å². The lowest BCUT2D eigenvalue weighted by atomic mass is 10.2. The number of rotatable bonds is 5. The van der Waals surface area contributed by atoms with E-state index in [1.54, 1.807) is 31.2 Å². The number of nitrogens with zero attached hydrogens (tertiary/aromatic N) is 1. The van der Waals surface area contributed by atoms with Crippen LogP contribution in [-0.2, 0) is 23.9 Å². The predicted octanol–water partition coefficient (Wildman–Crippen LogP) is 3.68. The Hall–Kier alpha value is -2.32. The molecule has 8 heteroatoms. The Balaban J connectivity index is 2.24. The lowest BCUT2D eigenvalue weighted by Crippen LogP contribution is -2.16. The molecule has 0 N–H and O–H groups in total. The monoisotopic (exact) mass is 393 g/mol. The summed E-state index contributed by atoms with van der Waals surface area (Å²) in [4.78, 5) is 12.7. The fourth-order valence-electron chi connectivity index (χ4n) is 1.84. The number of hydrogen-bond donors (Lipinski definition) is 0. The topological polar surface area (TPSA) is 82.0 Å². The Morgan fingerprint density at radius 3 is 2.08 bits per heavy atom. The van der Waals surface area contributed by atoms with Gasteiger partial charge in [-0.15, -0.1) is 0 Å². The third-order valence-corrected chi connectivity index (χ3v) is 5.28. The fourth-order valence-corrected chi connectivity index (χ4v) is 3.33. The normalized spacial score (nSPS) is 11.9. The standard InChI is InChI=1S/C18H19NO5S2/c1-4-23-18(20)17(25-15-9-5-13(2)6-10-15)19-24-26(21,22)16-11-7-14(3)8-12-16/h5-12H,4H2,1-3H3. The first-order valence-corrected chi connectivity index (χ1v) is 10.0. The van der Waals surface area contributed by atoms with Crippen LogP contribution in [-0.4, -0.2) is 26.0 Å². The van der Waals surface area contributed by atoms with Crippen molar-refractivity contribution in [2.45, 2.75) is 30.6 Å². The van der Waals surface area contributed by atoms with Crippen LogP contribution in [0.5, 0.6) is 0 Å². The van der Waals surface area contributed by atoms with E-state index in [1.165, 1.54) is 12.1 Å². The van der Waals surface area contributed by atoms with Crippen molar-refractivity contribution in [1.29, 1.82) is 0 Å². The van der Waals surface area contributed by atoms with E-state index in [4.69, 9.17) is 9.02 Å². The van der Waals surface area contributed by atoms with Gasteiger partial charge in [0.2, 0.25) is 5.04 Å². The Morgan fingerprint density at radius 1 is 1.00 bits per heavy atom. The second-order valence-electron chi connectivity index (χ2n) is 5.37. The van der Waals surface area contributed by atoms with E-state index in [1.807, 2.05) is 26.0 Å². The van der Waals surface area contributed by atoms with Crippen molar-refractivity contribution in [1.82, 2.24) is 0 Å². The molecule has 26 heavy (non-hydrogen) atoms. The van der Waals surface area contributed by atoms with Gasteiger partial charge in [0, 0.05) is 4.90 Å². The molecule has 0 unspecified atom stereocenters. The van der Waals surface area contributed by atoms with Gasteiger partial charge in [-0.25, -0.2) is 4.79 Å². The molecule has 0 radical (unpaired) electrons. The first-order valence-electron chi connectivity index (χ1n) is 7.82. The molecule has 0 bridgehead atoms. The molecule has 2 rings (SSSR count). The highest BCUT2D eigenvalue weighted by atomic mass is 32.2. The first kappa shape index (κ1) is 20.0. The minimum atomic E-state index is -4.13. The molecule has 0 atom stereocenters. The van der Waals surface area contributed by atoms with Crippen LogP contribution in [0.25, 0.3) is 0 Å². The van der Waals surface area contributed by atoms with Crippen LogP contribution in [0.4, 0.5) is 0 Å². The van der Waals surface area contributed by atoms with Gasteiger partial charge >= 0.3 is 16.1 Å². The average Bonchev–Trinajstić information content (AvgIpc) is 2.61.